The van der Waals surface area contributed by atoms with E-state index in [1.807, 2.05) is 45.3 Å². The second kappa shape index (κ2) is 7.53. The fourth-order valence-electron chi connectivity index (χ4n) is 5.03. The number of fused-ring (bicyclic) bond motifs is 2. The topological polar surface area (TPSA) is 0 Å². The minimum Gasteiger partial charge on any atom is -0.139 e. The van der Waals surface area contributed by atoms with Crippen molar-refractivity contribution in [3.05, 3.63) is 54.3 Å². The van der Waals surface area contributed by atoms with E-state index in [2.05, 4.69) is 69.2 Å². The smallest absolute Gasteiger partial charge is 0.0487 e. The molecular formula is C28H30S4. The molecule has 0 nitrogen and oxygen atoms in total. The van der Waals surface area contributed by atoms with Gasteiger partial charge in [-0.15, -0.1) is 45.3 Å². The van der Waals surface area contributed by atoms with E-state index in [-0.39, 0.29) is 0 Å². The van der Waals surface area contributed by atoms with Gasteiger partial charge in [-0.2, -0.15) is 0 Å². The molecule has 166 valence electrons. The molecule has 0 aliphatic rings. The van der Waals surface area contributed by atoms with Gasteiger partial charge in [0.25, 0.3) is 0 Å². The van der Waals surface area contributed by atoms with Crippen molar-refractivity contribution in [2.75, 3.05) is 0 Å². The van der Waals surface area contributed by atoms with Gasteiger partial charge in [0, 0.05) is 49.4 Å². The van der Waals surface area contributed by atoms with Gasteiger partial charge >= 0.3 is 0 Å². The number of hydrogen-bond donors (Lipinski definition) is 0. The van der Waals surface area contributed by atoms with Crippen molar-refractivity contribution in [2.45, 2.75) is 69.2 Å². The lowest BCUT2D eigenvalue weighted by atomic mass is 9.97. The molecule has 0 N–H and O–H groups in total. The molecule has 4 heteroatoms. The van der Waals surface area contributed by atoms with E-state index in [0.29, 0.717) is 0 Å². The summed E-state index contributed by atoms with van der Waals surface area (Å²) in [5, 5.41) is 2.97. The van der Waals surface area contributed by atoms with Gasteiger partial charge in [0.2, 0.25) is 0 Å². The summed E-state index contributed by atoms with van der Waals surface area (Å²) < 4.78 is 2.96. The highest BCUT2D eigenvalue weighted by Crippen LogP contribution is 2.52. The SMILES string of the molecule is Cc1sc(-c2sc3c(C)c4c(C)c(-c5sc(C)c(C)c5C)sc4c(C)c3c2C)c(C)c1C. The van der Waals surface area contributed by atoms with Gasteiger partial charge in [-0.05, 0) is 114 Å². The van der Waals surface area contributed by atoms with Gasteiger partial charge in [0.15, 0.2) is 0 Å². The van der Waals surface area contributed by atoms with Crippen LogP contribution in [-0.2, 0) is 0 Å². The summed E-state index contributed by atoms with van der Waals surface area (Å²) in [7, 11) is 0. The molecule has 5 aromatic rings. The molecule has 5 rings (SSSR count). The molecule has 0 saturated carbocycles. The molecule has 0 spiro atoms. The van der Waals surface area contributed by atoms with Crippen LogP contribution in [0.2, 0.25) is 0 Å². The minimum absolute atomic E-state index is 1.45. The molecule has 0 atom stereocenters. The number of rotatable bonds is 2. The first-order valence-electron chi connectivity index (χ1n) is 11.1. The van der Waals surface area contributed by atoms with Crippen LogP contribution in [0.25, 0.3) is 39.7 Å². The zero-order valence-corrected chi connectivity index (χ0v) is 23.9. The van der Waals surface area contributed by atoms with Gasteiger partial charge in [0.1, 0.15) is 0 Å². The molecule has 0 aliphatic heterocycles. The Bertz CT molecular complexity index is 1440. The Morgan fingerprint density at radius 2 is 0.625 bits per heavy atom. The monoisotopic (exact) mass is 494 g/mol. The average Bonchev–Trinajstić information content (AvgIpc) is 3.43. The van der Waals surface area contributed by atoms with Gasteiger partial charge in [-0.25, -0.2) is 0 Å². The van der Waals surface area contributed by atoms with Crippen LogP contribution in [0, 0.1) is 69.2 Å². The zero-order chi connectivity index (χ0) is 23.2. The molecule has 0 aliphatic carbocycles. The lowest BCUT2D eigenvalue weighted by Crippen LogP contribution is -1.85. The van der Waals surface area contributed by atoms with E-state index in [0.717, 1.165) is 0 Å². The fourth-order valence-corrected chi connectivity index (χ4v) is 10.6. The first-order valence-corrected chi connectivity index (χ1v) is 14.4. The van der Waals surface area contributed by atoms with E-state index < -0.39 is 0 Å². The predicted molar refractivity (Wildman–Crippen MR) is 151 cm³/mol. The molecule has 4 heterocycles. The standard InChI is InChI=1S/C28H30S4/c1-11-13(3)25(29-19(11)9)27-17(7)21-15(5)24-22(16(6)23(21)31-27)18(8)28(32-24)26-14(4)12(2)20(10)30-26/h1-10H3. The summed E-state index contributed by atoms with van der Waals surface area (Å²) in [4.78, 5) is 8.78. The van der Waals surface area contributed by atoms with Crippen molar-refractivity contribution < 1.29 is 0 Å². The molecular weight excluding hydrogens is 465 g/mol. The molecule has 32 heavy (non-hydrogen) atoms. The van der Waals surface area contributed by atoms with Crippen LogP contribution in [-0.4, -0.2) is 0 Å². The Labute approximate surface area is 207 Å². The predicted octanol–water partition coefficient (Wildman–Crippen LogP) is 10.7. The Balaban J connectivity index is 1.84. The van der Waals surface area contributed by atoms with Crippen LogP contribution in [0.5, 0.6) is 0 Å². The summed E-state index contributed by atoms with van der Waals surface area (Å²) >= 11 is 7.95. The van der Waals surface area contributed by atoms with Crippen molar-refractivity contribution in [3.8, 4) is 19.5 Å². The van der Waals surface area contributed by atoms with Gasteiger partial charge in [-0.1, -0.05) is 0 Å². The fraction of sp³-hybridized carbons (Fsp3) is 0.357. The summed E-state index contributed by atoms with van der Waals surface area (Å²) in [5.41, 5.74) is 11.7. The third kappa shape index (κ3) is 2.89. The summed E-state index contributed by atoms with van der Waals surface area (Å²) in [6.07, 6.45) is 0. The molecule has 1 aromatic carbocycles. The van der Waals surface area contributed by atoms with Crippen LogP contribution >= 0.6 is 45.3 Å². The van der Waals surface area contributed by atoms with Crippen molar-refractivity contribution in [1.82, 2.24) is 0 Å². The number of benzene rings is 1. The molecule has 0 bridgehead atoms. The highest BCUT2D eigenvalue weighted by molar-refractivity contribution is 7.28. The van der Waals surface area contributed by atoms with Crippen LogP contribution in [0.1, 0.15) is 54.3 Å². The van der Waals surface area contributed by atoms with Crippen molar-refractivity contribution in [2.24, 2.45) is 0 Å². The largest absolute Gasteiger partial charge is 0.139 e. The third-order valence-electron chi connectivity index (χ3n) is 7.51. The van der Waals surface area contributed by atoms with Crippen LogP contribution < -0.4 is 0 Å². The quantitative estimate of drug-likeness (QED) is 0.229. The molecule has 0 radical (unpaired) electrons. The van der Waals surface area contributed by atoms with Crippen molar-refractivity contribution in [1.29, 1.82) is 0 Å². The Morgan fingerprint density at radius 1 is 0.312 bits per heavy atom. The van der Waals surface area contributed by atoms with Crippen molar-refractivity contribution in [3.63, 3.8) is 0 Å². The third-order valence-corrected chi connectivity index (χ3v) is 13.3. The molecule has 0 saturated heterocycles. The van der Waals surface area contributed by atoms with Gasteiger partial charge in [-0.3, -0.25) is 0 Å². The highest BCUT2D eigenvalue weighted by Gasteiger charge is 2.24. The minimum atomic E-state index is 1.45. The lowest BCUT2D eigenvalue weighted by molar-refractivity contribution is 1.35. The van der Waals surface area contributed by atoms with E-state index in [1.54, 1.807) is 0 Å². The van der Waals surface area contributed by atoms with E-state index in [1.165, 1.54) is 93.9 Å². The second-order valence-corrected chi connectivity index (χ2v) is 13.7. The Hall–Kier alpha value is -1.46. The highest BCUT2D eigenvalue weighted by atomic mass is 32.1. The first kappa shape index (κ1) is 22.3. The lowest BCUT2D eigenvalue weighted by Gasteiger charge is -2.06. The number of thiophene rings is 4. The van der Waals surface area contributed by atoms with E-state index in [4.69, 9.17) is 0 Å². The molecule has 0 unspecified atom stereocenters. The zero-order valence-electron chi connectivity index (χ0n) is 20.6. The van der Waals surface area contributed by atoms with Crippen LogP contribution in [0.3, 0.4) is 0 Å². The normalized spacial score (nSPS) is 12.1. The maximum absolute atomic E-state index is 2.35. The van der Waals surface area contributed by atoms with Crippen LogP contribution in [0.15, 0.2) is 0 Å². The van der Waals surface area contributed by atoms with E-state index >= 15 is 0 Å². The van der Waals surface area contributed by atoms with Gasteiger partial charge in [0.05, 0.1) is 0 Å². The first-order chi connectivity index (χ1) is 15.0. The van der Waals surface area contributed by atoms with Crippen molar-refractivity contribution >= 4 is 65.5 Å². The molecule has 0 amide bonds. The summed E-state index contributed by atoms with van der Waals surface area (Å²) in [5.74, 6) is 0. The average molecular weight is 495 g/mol. The van der Waals surface area contributed by atoms with Crippen LogP contribution in [0.4, 0.5) is 0 Å². The Kier molecular flexibility index (Phi) is 5.25. The summed E-state index contributed by atoms with van der Waals surface area (Å²) in [6.45, 7) is 23.0. The maximum atomic E-state index is 2.35. The summed E-state index contributed by atoms with van der Waals surface area (Å²) in [6, 6.07) is 0. The molecule has 4 aromatic heterocycles. The second-order valence-electron chi connectivity index (χ2n) is 9.25. The van der Waals surface area contributed by atoms with Gasteiger partial charge < -0.3 is 0 Å². The molecule has 0 fully saturated rings. The van der Waals surface area contributed by atoms with E-state index in [9.17, 15) is 0 Å². The number of aryl methyl sites for hydroxylation is 6. The number of hydrogen-bond acceptors (Lipinski definition) is 4. The maximum Gasteiger partial charge on any atom is 0.0487 e. The Morgan fingerprint density at radius 3 is 0.906 bits per heavy atom.